The van der Waals surface area contributed by atoms with E-state index in [2.05, 4.69) is 25.6 Å². The molecule has 7 heteroatoms. The highest BCUT2D eigenvalue weighted by atomic mass is 16.5. The lowest BCUT2D eigenvalue weighted by Gasteiger charge is -2.12. The number of carbonyl (C=O) groups excluding carboxylic acids is 2. The van der Waals surface area contributed by atoms with E-state index in [1.54, 1.807) is 20.0 Å². The number of nitrogens with one attached hydrogen (secondary N) is 2. The molecule has 0 saturated heterocycles. The van der Waals surface area contributed by atoms with Crippen molar-refractivity contribution in [2.45, 2.75) is 13.0 Å². The predicted octanol–water partition coefficient (Wildman–Crippen LogP) is -0.190. The van der Waals surface area contributed by atoms with Crippen molar-refractivity contribution in [3.05, 3.63) is 17.8 Å². The second-order valence-corrected chi connectivity index (χ2v) is 3.28. The molecule has 1 heterocycles. The van der Waals surface area contributed by atoms with Gasteiger partial charge in [-0.3, -0.25) is 4.79 Å². The van der Waals surface area contributed by atoms with Crippen LogP contribution in [0.4, 0.5) is 5.82 Å². The van der Waals surface area contributed by atoms with Gasteiger partial charge in [0, 0.05) is 7.05 Å². The van der Waals surface area contributed by atoms with Gasteiger partial charge < -0.3 is 15.4 Å². The lowest BCUT2D eigenvalue weighted by atomic mass is 10.3. The van der Waals surface area contributed by atoms with Crippen molar-refractivity contribution in [3.63, 3.8) is 0 Å². The number of hydrogen-bond donors (Lipinski definition) is 2. The number of nitrogens with zero attached hydrogens (tertiary/aromatic N) is 2. The number of methoxy groups -OCH3 is 1. The third-order valence-corrected chi connectivity index (χ3v) is 2.06. The van der Waals surface area contributed by atoms with Gasteiger partial charge in [-0.25, -0.2) is 4.79 Å². The van der Waals surface area contributed by atoms with Gasteiger partial charge in [0.25, 0.3) is 0 Å². The highest BCUT2D eigenvalue weighted by Gasteiger charge is 2.12. The van der Waals surface area contributed by atoms with Crippen LogP contribution in [-0.2, 0) is 9.53 Å². The van der Waals surface area contributed by atoms with Crippen molar-refractivity contribution in [2.24, 2.45) is 0 Å². The number of carbonyl (C=O) groups is 2. The van der Waals surface area contributed by atoms with Crippen LogP contribution in [0.3, 0.4) is 0 Å². The molecule has 92 valence electrons. The molecule has 0 aromatic carbocycles. The highest BCUT2D eigenvalue weighted by molar-refractivity contribution is 5.87. The van der Waals surface area contributed by atoms with Crippen LogP contribution in [0.15, 0.2) is 12.1 Å². The zero-order chi connectivity index (χ0) is 12.8. The van der Waals surface area contributed by atoms with E-state index >= 15 is 0 Å². The molecule has 2 N–H and O–H groups in total. The SMILES string of the molecule is CNC(=O)C(C)Nc1ccc(C(=O)OC)nn1. The Kier molecular flexibility index (Phi) is 4.38. The fraction of sp³-hybridized carbons (Fsp3) is 0.400. The minimum atomic E-state index is -0.552. The van der Waals surface area contributed by atoms with Crippen LogP contribution in [0.5, 0.6) is 0 Å². The molecule has 0 aliphatic carbocycles. The smallest absolute Gasteiger partial charge is 0.358 e. The second kappa shape index (κ2) is 5.78. The Hall–Kier alpha value is -2.18. The van der Waals surface area contributed by atoms with E-state index in [9.17, 15) is 9.59 Å². The lowest BCUT2D eigenvalue weighted by molar-refractivity contribution is -0.121. The minimum Gasteiger partial charge on any atom is -0.464 e. The highest BCUT2D eigenvalue weighted by Crippen LogP contribution is 2.04. The Labute approximate surface area is 98.6 Å². The van der Waals surface area contributed by atoms with Gasteiger partial charge in [0.15, 0.2) is 5.69 Å². The van der Waals surface area contributed by atoms with Crippen LogP contribution < -0.4 is 10.6 Å². The van der Waals surface area contributed by atoms with Gasteiger partial charge in [0.2, 0.25) is 5.91 Å². The van der Waals surface area contributed by atoms with Crippen molar-refractivity contribution in [1.29, 1.82) is 0 Å². The van der Waals surface area contributed by atoms with E-state index in [1.165, 1.54) is 13.2 Å². The molecule has 1 unspecified atom stereocenters. The number of aromatic nitrogens is 2. The summed E-state index contributed by atoms with van der Waals surface area (Å²) in [5.74, 6) is -0.305. The Morgan fingerprint density at radius 2 is 2.06 bits per heavy atom. The standard InChI is InChI=1S/C10H14N4O3/c1-6(9(15)11-2)12-8-5-4-7(13-14-8)10(16)17-3/h4-6H,1-3H3,(H,11,15)(H,12,14). The van der Waals surface area contributed by atoms with Gasteiger partial charge in [-0.2, -0.15) is 0 Å². The fourth-order valence-electron chi connectivity index (χ4n) is 1.13. The molecule has 1 aromatic rings. The molecule has 0 spiro atoms. The summed E-state index contributed by atoms with van der Waals surface area (Å²) in [5.41, 5.74) is 0.116. The van der Waals surface area contributed by atoms with E-state index in [-0.39, 0.29) is 11.6 Å². The van der Waals surface area contributed by atoms with E-state index in [0.29, 0.717) is 5.82 Å². The van der Waals surface area contributed by atoms with Crippen molar-refractivity contribution in [2.75, 3.05) is 19.5 Å². The molecule has 1 aromatic heterocycles. The van der Waals surface area contributed by atoms with Gasteiger partial charge in [0.1, 0.15) is 11.9 Å². The first-order valence-corrected chi connectivity index (χ1v) is 4.98. The summed E-state index contributed by atoms with van der Waals surface area (Å²) in [7, 11) is 2.82. The van der Waals surface area contributed by atoms with Crippen LogP contribution in [-0.4, -0.2) is 42.3 Å². The number of anilines is 1. The van der Waals surface area contributed by atoms with Crippen molar-refractivity contribution in [1.82, 2.24) is 15.5 Å². The molecular formula is C10H14N4O3. The maximum Gasteiger partial charge on any atom is 0.358 e. The first-order chi connectivity index (χ1) is 8.08. The average molecular weight is 238 g/mol. The zero-order valence-corrected chi connectivity index (χ0v) is 9.85. The van der Waals surface area contributed by atoms with Crippen LogP contribution in [0.2, 0.25) is 0 Å². The van der Waals surface area contributed by atoms with Gasteiger partial charge in [-0.1, -0.05) is 0 Å². The molecule has 17 heavy (non-hydrogen) atoms. The van der Waals surface area contributed by atoms with Gasteiger partial charge >= 0.3 is 5.97 Å². The number of esters is 1. The van der Waals surface area contributed by atoms with Gasteiger partial charge in [-0.05, 0) is 19.1 Å². The Balaban J connectivity index is 2.68. The van der Waals surface area contributed by atoms with Crippen molar-refractivity contribution >= 4 is 17.7 Å². The minimum absolute atomic E-state index is 0.116. The number of likely N-dealkylation sites (N-methyl/N-ethyl adjacent to an activating group) is 1. The Bertz CT molecular complexity index is 405. The maximum absolute atomic E-state index is 11.2. The molecule has 1 atom stereocenters. The summed E-state index contributed by atoms with van der Waals surface area (Å²) in [6.45, 7) is 1.69. The summed E-state index contributed by atoms with van der Waals surface area (Å²) in [5, 5.41) is 12.8. The fourth-order valence-corrected chi connectivity index (χ4v) is 1.13. The molecule has 1 rings (SSSR count). The summed E-state index contributed by atoms with van der Waals surface area (Å²) in [6, 6.07) is 2.59. The molecule has 0 fully saturated rings. The molecule has 0 saturated carbocycles. The van der Waals surface area contributed by atoms with E-state index in [0.717, 1.165) is 0 Å². The van der Waals surface area contributed by atoms with E-state index in [4.69, 9.17) is 0 Å². The number of ether oxygens (including phenoxy) is 1. The maximum atomic E-state index is 11.2. The number of hydrogen-bond acceptors (Lipinski definition) is 6. The molecular weight excluding hydrogens is 224 g/mol. The Morgan fingerprint density at radius 3 is 2.53 bits per heavy atom. The third kappa shape index (κ3) is 3.40. The molecule has 0 radical (unpaired) electrons. The van der Waals surface area contributed by atoms with Crippen LogP contribution in [0.1, 0.15) is 17.4 Å². The monoisotopic (exact) mass is 238 g/mol. The van der Waals surface area contributed by atoms with Crippen LogP contribution in [0, 0.1) is 0 Å². The molecule has 0 aliphatic heterocycles. The zero-order valence-electron chi connectivity index (χ0n) is 9.85. The van der Waals surface area contributed by atoms with Crippen LogP contribution in [0.25, 0.3) is 0 Å². The Morgan fingerprint density at radius 1 is 1.35 bits per heavy atom. The van der Waals surface area contributed by atoms with E-state index in [1.807, 2.05) is 0 Å². The van der Waals surface area contributed by atoms with E-state index < -0.39 is 12.0 Å². The normalized spacial score (nSPS) is 11.5. The first kappa shape index (κ1) is 12.9. The number of amides is 1. The molecule has 0 aliphatic rings. The van der Waals surface area contributed by atoms with Gasteiger partial charge in [0.05, 0.1) is 7.11 Å². The van der Waals surface area contributed by atoms with Crippen LogP contribution >= 0.6 is 0 Å². The number of rotatable bonds is 4. The molecule has 0 bridgehead atoms. The quantitative estimate of drug-likeness (QED) is 0.706. The predicted molar refractivity (Wildman–Crippen MR) is 60.5 cm³/mol. The summed E-state index contributed by atoms with van der Waals surface area (Å²) in [6.07, 6.45) is 0. The third-order valence-electron chi connectivity index (χ3n) is 2.06. The van der Waals surface area contributed by atoms with Crippen molar-refractivity contribution in [3.8, 4) is 0 Å². The van der Waals surface area contributed by atoms with Gasteiger partial charge in [-0.15, -0.1) is 10.2 Å². The summed E-state index contributed by atoms with van der Waals surface area (Å²) in [4.78, 5) is 22.3. The lowest BCUT2D eigenvalue weighted by Crippen LogP contribution is -2.35. The molecule has 7 nitrogen and oxygen atoms in total. The average Bonchev–Trinajstić information content (AvgIpc) is 2.37. The summed E-state index contributed by atoms with van der Waals surface area (Å²) >= 11 is 0. The molecule has 1 amide bonds. The largest absolute Gasteiger partial charge is 0.464 e. The second-order valence-electron chi connectivity index (χ2n) is 3.28. The summed E-state index contributed by atoms with van der Waals surface area (Å²) < 4.78 is 4.49. The van der Waals surface area contributed by atoms with Crippen molar-refractivity contribution < 1.29 is 14.3 Å². The topological polar surface area (TPSA) is 93.2 Å². The first-order valence-electron chi connectivity index (χ1n) is 4.98.